The van der Waals surface area contributed by atoms with Crippen molar-refractivity contribution >= 4 is 40.8 Å². The Morgan fingerprint density at radius 3 is 2.65 bits per heavy atom. The molecule has 3 heterocycles. The van der Waals surface area contributed by atoms with E-state index in [2.05, 4.69) is 20.6 Å². The van der Waals surface area contributed by atoms with Gasteiger partial charge in [-0.3, -0.25) is 15.3 Å². The van der Waals surface area contributed by atoms with Crippen molar-refractivity contribution in [1.29, 1.82) is 5.41 Å². The summed E-state index contributed by atoms with van der Waals surface area (Å²) < 4.78 is 5.47. The van der Waals surface area contributed by atoms with Crippen molar-refractivity contribution in [1.82, 2.24) is 20.2 Å². The Hall–Kier alpha value is -3.27. The Bertz CT molecular complexity index is 1020. The minimum Gasteiger partial charge on any atom is -0.444 e. The Morgan fingerprint density at radius 2 is 1.97 bits per heavy atom. The van der Waals surface area contributed by atoms with E-state index in [1.165, 1.54) is 0 Å². The Morgan fingerprint density at radius 1 is 1.23 bits per heavy atom. The molecule has 9 nitrogen and oxygen atoms in total. The van der Waals surface area contributed by atoms with Crippen LogP contribution in [0.25, 0.3) is 0 Å². The van der Waals surface area contributed by atoms with Gasteiger partial charge in [-0.15, -0.1) is 0 Å². The van der Waals surface area contributed by atoms with Crippen molar-refractivity contribution in [2.45, 2.75) is 39.5 Å². The number of carbonyl (C=O) groups excluding carboxylic acids is 1. The van der Waals surface area contributed by atoms with Crippen molar-refractivity contribution in [3.63, 3.8) is 0 Å². The quantitative estimate of drug-likeness (QED) is 0.379. The second kappa shape index (κ2) is 8.84. The molecule has 2 aromatic rings. The number of ether oxygens (including phenoxy) is 1. The molecule has 0 spiro atoms. The molecule has 3 rings (SSSR count). The molecule has 0 saturated heterocycles. The fourth-order valence-corrected chi connectivity index (χ4v) is 3.34. The van der Waals surface area contributed by atoms with E-state index in [1.807, 2.05) is 58.0 Å². The largest absolute Gasteiger partial charge is 0.444 e. The highest BCUT2D eigenvalue weighted by Crippen LogP contribution is 2.26. The van der Waals surface area contributed by atoms with Crippen molar-refractivity contribution in [3.05, 3.63) is 47.4 Å². The van der Waals surface area contributed by atoms with Crippen LogP contribution in [-0.4, -0.2) is 51.6 Å². The summed E-state index contributed by atoms with van der Waals surface area (Å²) >= 11 is 5.38. The van der Waals surface area contributed by atoms with Gasteiger partial charge in [0.25, 0.3) is 0 Å². The fraction of sp³-hybridized carbons (Fsp3) is 0.381. The van der Waals surface area contributed by atoms with Gasteiger partial charge in [0.2, 0.25) is 0 Å². The minimum atomic E-state index is -0.573. The second-order valence-electron chi connectivity index (χ2n) is 8.35. The van der Waals surface area contributed by atoms with Gasteiger partial charge in [-0.05, 0) is 56.8 Å². The molecule has 0 bridgehead atoms. The molecule has 0 aliphatic carbocycles. The zero-order chi connectivity index (χ0) is 22.8. The summed E-state index contributed by atoms with van der Waals surface area (Å²) in [6, 6.07) is 5.61. The molecule has 2 aromatic heterocycles. The zero-order valence-electron chi connectivity index (χ0n) is 18.3. The van der Waals surface area contributed by atoms with Gasteiger partial charge in [0.15, 0.2) is 16.8 Å². The molecule has 1 aliphatic heterocycles. The smallest absolute Gasteiger partial charge is 0.410 e. The standard InChI is InChI=1S/C21H27N7O2S/c1-21(2,3)30-20(29)28-11-13-8-10-23-16(14(13)12-28)17(22)25-19(31)26-18-15(27(4)5)7-6-9-24-18/h6-10H,11-12H2,1-5H3,(H3,22,24,25,26,31). The van der Waals surface area contributed by atoms with Gasteiger partial charge < -0.3 is 20.3 Å². The minimum absolute atomic E-state index is 0.0442. The number of hydrogen-bond donors (Lipinski definition) is 3. The summed E-state index contributed by atoms with van der Waals surface area (Å²) in [7, 11) is 3.82. The predicted molar refractivity (Wildman–Crippen MR) is 124 cm³/mol. The lowest BCUT2D eigenvalue weighted by molar-refractivity contribution is 0.0241. The molecule has 1 amide bonds. The number of hydrogen-bond acceptors (Lipinski definition) is 7. The number of anilines is 2. The van der Waals surface area contributed by atoms with Crippen LogP contribution in [0.2, 0.25) is 0 Å². The Labute approximate surface area is 187 Å². The lowest BCUT2D eigenvalue weighted by Gasteiger charge is -2.24. The molecular formula is C21H27N7O2S. The summed E-state index contributed by atoms with van der Waals surface area (Å²) in [5.74, 6) is 0.628. The van der Waals surface area contributed by atoms with Crippen LogP contribution < -0.4 is 15.5 Å². The third-order valence-corrected chi connectivity index (χ3v) is 4.69. The molecule has 3 N–H and O–H groups in total. The van der Waals surface area contributed by atoms with Crippen molar-refractivity contribution < 1.29 is 9.53 Å². The summed E-state index contributed by atoms with van der Waals surface area (Å²) in [6.45, 7) is 6.23. The van der Waals surface area contributed by atoms with E-state index in [1.54, 1.807) is 17.3 Å². The van der Waals surface area contributed by atoms with Crippen LogP contribution in [-0.2, 0) is 17.8 Å². The zero-order valence-corrected chi connectivity index (χ0v) is 19.1. The predicted octanol–water partition coefficient (Wildman–Crippen LogP) is 3.11. The maximum absolute atomic E-state index is 12.5. The van der Waals surface area contributed by atoms with E-state index >= 15 is 0 Å². The number of nitrogens with zero attached hydrogens (tertiary/aromatic N) is 4. The SMILES string of the molecule is CN(C)c1cccnc1NC(=S)NC(=N)c1nccc2c1CN(C(=O)OC(C)(C)C)C2. The number of pyridine rings is 2. The monoisotopic (exact) mass is 441 g/mol. The van der Waals surface area contributed by atoms with Gasteiger partial charge in [-0.25, -0.2) is 9.78 Å². The van der Waals surface area contributed by atoms with E-state index in [4.69, 9.17) is 22.4 Å². The highest BCUT2D eigenvalue weighted by atomic mass is 32.1. The van der Waals surface area contributed by atoms with Gasteiger partial charge >= 0.3 is 6.09 Å². The van der Waals surface area contributed by atoms with Crippen LogP contribution in [0.3, 0.4) is 0 Å². The van der Waals surface area contributed by atoms with E-state index < -0.39 is 11.7 Å². The summed E-state index contributed by atoms with van der Waals surface area (Å²) in [5, 5.41) is 14.6. The van der Waals surface area contributed by atoms with E-state index in [9.17, 15) is 4.79 Å². The van der Waals surface area contributed by atoms with Gasteiger partial charge in [0.1, 0.15) is 11.3 Å². The normalized spacial score (nSPS) is 12.7. The molecule has 0 fully saturated rings. The van der Waals surface area contributed by atoms with Crippen LogP contribution in [0, 0.1) is 5.41 Å². The average Bonchev–Trinajstić information content (AvgIpc) is 3.11. The molecule has 1 aliphatic rings. The third kappa shape index (κ3) is 5.46. The number of fused-ring (bicyclic) bond motifs is 1. The molecule has 0 unspecified atom stereocenters. The first kappa shape index (κ1) is 22.4. The van der Waals surface area contributed by atoms with E-state index in [0.29, 0.717) is 24.6 Å². The lowest BCUT2D eigenvalue weighted by Crippen LogP contribution is -2.36. The number of nitrogens with one attached hydrogen (secondary N) is 3. The highest BCUT2D eigenvalue weighted by Gasteiger charge is 2.30. The first-order valence-electron chi connectivity index (χ1n) is 9.79. The Balaban J connectivity index is 1.70. The van der Waals surface area contributed by atoms with Gasteiger partial charge in [0, 0.05) is 38.6 Å². The number of thiocarbonyl (C=S) groups is 1. The van der Waals surface area contributed by atoms with Crippen molar-refractivity contribution in [3.8, 4) is 0 Å². The van der Waals surface area contributed by atoms with Gasteiger partial charge in [0.05, 0.1) is 12.2 Å². The topological polar surface area (TPSA) is 106 Å². The van der Waals surface area contributed by atoms with Gasteiger partial charge in [-0.2, -0.15) is 0 Å². The molecule has 0 saturated carbocycles. The number of amidine groups is 1. The fourth-order valence-electron chi connectivity index (χ4n) is 3.15. The maximum Gasteiger partial charge on any atom is 0.410 e. The number of aromatic nitrogens is 2. The first-order chi connectivity index (χ1) is 14.5. The number of amides is 1. The first-order valence-corrected chi connectivity index (χ1v) is 10.2. The number of carbonyl (C=O) groups is 1. The second-order valence-corrected chi connectivity index (χ2v) is 8.76. The summed E-state index contributed by atoms with van der Waals surface area (Å²) in [4.78, 5) is 24.6. The average molecular weight is 442 g/mol. The van der Waals surface area contributed by atoms with Crippen molar-refractivity contribution in [2.75, 3.05) is 24.3 Å². The maximum atomic E-state index is 12.5. The van der Waals surface area contributed by atoms with E-state index in [-0.39, 0.29) is 10.9 Å². The molecular weight excluding hydrogens is 414 g/mol. The van der Waals surface area contributed by atoms with Crippen LogP contribution in [0.4, 0.5) is 16.3 Å². The number of rotatable bonds is 3. The highest BCUT2D eigenvalue weighted by molar-refractivity contribution is 7.80. The van der Waals surface area contributed by atoms with Crippen molar-refractivity contribution in [2.24, 2.45) is 0 Å². The Kier molecular flexibility index (Phi) is 6.40. The van der Waals surface area contributed by atoms with Gasteiger partial charge in [-0.1, -0.05) is 0 Å². The molecule has 0 atom stereocenters. The van der Waals surface area contributed by atoms with Crippen LogP contribution >= 0.6 is 12.2 Å². The molecule has 31 heavy (non-hydrogen) atoms. The van der Waals surface area contributed by atoms with Crippen LogP contribution in [0.15, 0.2) is 30.6 Å². The molecule has 164 valence electrons. The molecule has 0 radical (unpaired) electrons. The molecule has 10 heteroatoms. The summed E-state index contributed by atoms with van der Waals surface area (Å²) in [5.41, 5.74) is 2.48. The van der Waals surface area contributed by atoms with E-state index in [0.717, 1.165) is 16.8 Å². The van der Waals surface area contributed by atoms with Crippen LogP contribution in [0.1, 0.15) is 37.6 Å². The molecule has 0 aromatic carbocycles. The summed E-state index contributed by atoms with van der Waals surface area (Å²) in [6.07, 6.45) is 2.90. The third-order valence-electron chi connectivity index (χ3n) is 4.49. The lowest BCUT2D eigenvalue weighted by atomic mass is 10.1. The van der Waals surface area contributed by atoms with Crippen LogP contribution in [0.5, 0.6) is 0 Å².